The molecule has 0 unspecified atom stereocenters. The summed E-state index contributed by atoms with van der Waals surface area (Å²) in [7, 11) is 3.45. The highest BCUT2D eigenvalue weighted by Crippen LogP contribution is 2.14. The fourth-order valence-corrected chi connectivity index (χ4v) is 1.92. The number of aromatic nitrogens is 1. The Morgan fingerprint density at radius 1 is 1.39 bits per heavy atom. The minimum Gasteiger partial charge on any atom is -0.474 e. The summed E-state index contributed by atoms with van der Waals surface area (Å²) < 4.78 is 5.77. The predicted molar refractivity (Wildman–Crippen MR) is 68.8 cm³/mol. The van der Waals surface area contributed by atoms with Crippen LogP contribution < -0.4 is 10.1 Å². The predicted octanol–water partition coefficient (Wildman–Crippen LogP) is 0.914. The smallest absolute Gasteiger partial charge is 0.254 e. The van der Waals surface area contributed by atoms with Crippen molar-refractivity contribution < 1.29 is 9.53 Å². The van der Waals surface area contributed by atoms with Crippen molar-refractivity contribution in [2.75, 3.05) is 27.2 Å². The van der Waals surface area contributed by atoms with Gasteiger partial charge in [-0.2, -0.15) is 0 Å². The molecular weight excluding hydrogens is 230 g/mol. The Morgan fingerprint density at radius 2 is 2.11 bits per heavy atom. The van der Waals surface area contributed by atoms with E-state index in [1.807, 2.05) is 0 Å². The van der Waals surface area contributed by atoms with Crippen LogP contribution in [0.2, 0.25) is 0 Å². The Labute approximate surface area is 107 Å². The number of ether oxygens (including phenoxy) is 1. The van der Waals surface area contributed by atoms with Crippen molar-refractivity contribution in [1.82, 2.24) is 15.2 Å². The molecule has 5 nitrogen and oxygen atoms in total. The maximum atomic E-state index is 11.7. The second kappa shape index (κ2) is 5.82. The van der Waals surface area contributed by atoms with Crippen LogP contribution in [0.15, 0.2) is 18.3 Å². The van der Waals surface area contributed by atoms with E-state index in [1.54, 1.807) is 32.4 Å². The molecule has 18 heavy (non-hydrogen) atoms. The number of rotatable bonds is 3. The van der Waals surface area contributed by atoms with Crippen molar-refractivity contribution in [1.29, 1.82) is 0 Å². The largest absolute Gasteiger partial charge is 0.474 e. The summed E-state index contributed by atoms with van der Waals surface area (Å²) >= 11 is 0. The molecule has 1 N–H and O–H groups in total. The number of hydrogen-bond donors (Lipinski definition) is 1. The van der Waals surface area contributed by atoms with Gasteiger partial charge >= 0.3 is 0 Å². The lowest BCUT2D eigenvalue weighted by Gasteiger charge is -2.23. The molecule has 0 atom stereocenters. The zero-order chi connectivity index (χ0) is 13.0. The van der Waals surface area contributed by atoms with E-state index in [-0.39, 0.29) is 12.0 Å². The van der Waals surface area contributed by atoms with Gasteiger partial charge in [0.25, 0.3) is 5.91 Å². The van der Waals surface area contributed by atoms with Crippen LogP contribution in [0.5, 0.6) is 5.88 Å². The maximum absolute atomic E-state index is 11.7. The normalized spacial score (nSPS) is 16.3. The van der Waals surface area contributed by atoms with Crippen LogP contribution in [-0.4, -0.2) is 49.1 Å². The number of carbonyl (C=O) groups is 1. The highest BCUT2D eigenvalue weighted by Gasteiger charge is 2.15. The molecule has 5 heteroatoms. The van der Waals surface area contributed by atoms with Gasteiger partial charge in [0.15, 0.2) is 0 Å². The van der Waals surface area contributed by atoms with E-state index in [2.05, 4.69) is 10.3 Å². The highest BCUT2D eigenvalue weighted by atomic mass is 16.5. The third kappa shape index (κ3) is 3.20. The second-order valence-corrected chi connectivity index (χ2v) is 4.65. The average Bonchev–Trinajstić information content (AvgIpc) is 2.40. The fourth-order valence-electron chi connectivity index (χ4n) is 1.92. The standard InChI is InChI=1S/C13H19N3O2/c1-16(2)13(17)10-3-4-12(15-9-10)18-11-5-7-14-8-6-11/h3-4,9,11,14H,5-8H2,1-2H3. The lowest BCUT2D eigenvalue weighted by molar-refractivity contribution is 0.0827. The molecule has 0 saturated carbocycles. The van der Waals surface area contributed by atoms with Gasteiger partial charge in [-0.3, -0.25) is 4.79 Å². The van der Waals surface area contributed by atoms with Crippen LogP contribution in [0.3, 0.4) is 0 Å². The van der Waals surface area contributed by atoms with Crippen LogP contribution in [-0.2, 0) is 0 Å². The Kier molecular flexibility index (Phi) is 4.15. The minimum absolute atomic E-state index is 0.0454. The summed E-state index contributed by atoms with van der Waals surface area (Å²) in [6.07, 6.45) is 3.80. The lowest BCUT2D eigenvalue weighted by Crippen LogP contribution is -2.34. The summed E-state index contributed by atoms with van der Waals surface area (Å²) in [5.41, 5.74) is 0.581. The quantitative estimate of drug-likeness (QED) is 0.865. The molecule has 0 bridgehead atoms. The Balaban J connectivity index is 1.96. The molecule has 2 rings (SSSR count). The topological polar surface area (TPSA) is 54.5 Å². The number of hydrogen-bond acceptors (Lipinski definition) is 4. The summed E-state index contributed by atoms with van der Waals surface area (Å²) in [6.45, 7) is 1.98. The first-order valence-electron chi connectivity index (χ1n) is 6.22. The van der Waals surface area contributed by atoms with Crippen molar-refractivity contribution in [3.05, 3.63) is 23.9 Å². The van der Waals surface area contributed by atoms with Gasteiger partial charge in [0.05, 0.1) is 5.56 Å². The molecule has 1 aliphatic heterocycles. The van der Waals surface area contributed by atoms with E-state index in [0.29, 0.717) is 11.4 Å². The van der Waals surface area contributed by atoms with Crippen LogP contribution in [0.4, 0.5) is 0 Å². The van der Waals surface area contributed by atoms with Gasteiger partial charge in [-0.1, -0.05) is 0 Å². The molecule has 1 aromatic rings. The number of piperidine rings is 1. The van der Waals surface area contributed by atoms with Crippen LogP contribution in [0.25, 0.3) is 0 Å². The number of nitrogens with one attached hydrogen (secondary N) is 1. The molecule has 0 aromatic carbocycles. The fraction of sp³-hybridized carbons (Fsp3) is 0.538. The number of pyridine rings is 1. The molecule has 0 radical (unpaired) electrons. The van der Waals surface area contributed by atoms with Gasteiger partial charge in [-0.15, -0.1) is 0 Å². The van der Waals surface area contributed by atoms with E-state index < -0.39 is 0 Å². The van der Waals surface area contributed by atoms with Gasteiger partial charge in [0.2, 0.25) is 5.88 Å². The van der Waals surface area contributed by atoms with E-state index in [9.17, 15) is 4.79 Å². The summed E-state index contributed by atoms with van der Waals surface area (Å²) in [5, 5.41) is 3.29. The molecule has 0 aliphatic carbocycles. The zero-order valence-corrected chi connectivity index (χ0v) is 10.8. The van der Waals surface area contributed by atoms with Gasteiger partial charge in [0, 0.05) is 26.4 Å². The third-order valence-corrected chi connectivity index (χ3v) is 2.96. The lowest BCUT2D eigenvalue weighted by atomic mass is 10.1. The van der Waals surface area contributed by atoms with Crippen molar-refractivity contribution in [3.8, 4) is 5.88 Å². The van der Waals surface area contributed by atoms with Crippen molar-refractivity contribution in [2.45, 2.75) is 18.9 Å². The van der Waals surface area contributed by atoms with E-state index in [0.717, 1.165) is 25.9 Å². The monoisotopic (exact) mass is 249 g/mol. The molecule has 2 heterocycles. The van der Waals surface area contributed by atoms with E-state index in [1.165, 1.54) is 4.90 Å². The van der Waals surface area contributed by atoms with E-state index >= 15 is 0 Å². The van der Waals surface area contributed by atoms with Crippen LogP contribution >= 0.6 is 0 Å². The molecule has 1 aliphatic rings. The van der Waals surface area contributed by atoms with Gasteiger partial charge in [-0.25, -0.2) is 4.98 Å². The first-order chi connectivity index (χ1) is 8.66. The molecule has 1 amide bonds. The van der Waals surface area contributed by atoms with E-state index in [4.69, 9.17) is 4.74 Å². The molecule has 1 saturated heterocycles. The summed E-state index contributed by atoms with van der Waals surface area (Å²) in [4.78, 5) is 17.4. The first kappa shape index (κ1) is 12.8. The molecule has 0 spiro atoms. The number of carbonyl (C=O) groups excluding carboxylic acids is 1. The Morgan fingerprint density at radius 3 is 2.67 bits per heavy atom. The zero-order valence-electron chi connectivity index (χ0n) is 10.8. The molecule has 1 aromatic heterocycles. The van der Waals surface area contributed by atoms with Gasteiger partial charge in [-0.05, 0) is 32.0 Å². The maximum Gasteiger partial charge on any atom is 0.254 e. The van der Waals surface area contributed by atoms with Gasteiger partial charge < -0.3 is 15.0 Å². The molecular formula is C13H19N3O2. The average molecular weight is 249 g/mol. The molecule has 98 valence electrons. The Hall–Kier alpha value is -1.62. The van der Waals surface area contributed by atoms with Crippen LogP contribution in [0.1, 0.15) is 23.2 Å². The SMILES string of the molecule is CN(C)C(=O)c1ccc(OC2CCNCC2)nc1. The third-order valence-electron chi connectivity index (χ3n) is 2.96. The number of amides is 1. The van der Waals surface area contributed by atoms with Crippen molar-refractivity contribution in [3.63, 3.8) is 0 Å². The number of nitrogens with zero attached hydrogens (tertiary/aromatic N) is 2. The van der Waals surface area contributed by atoms with Crippen molar-refractivity contribution >= 4 is 5.91 Å². The highest BCUT2D eigenvalue weighted by molar-refractivity contribution is 5.93. The first-order valence-corrected chi connectivity index (χ1v) is 6.22. The molecule has 1 fully saturated rings. The van der Waals surface area contributed by atoms with Crippen molar-refractivity contribution in [2.24, 2.45) is 0 Å². The summed E-state index contributed by atoms with van der Waals surface area (Å²) in [5.74, 6) is 0.549. The summed E-state index contributed by atoms with van der Waals surface area (Å²) in [6, 6.07) is 3.52. The second-order valence-electron chi connectivity index (χ2n) is 4.65. The van der Waals surface area contributed by atoms with Gasteiger partial charge in [0.1, 0.15) is 6.10 Å². The minimum atomic E-state index is -0.0454. The van der Waals surface area contributed by atoms with Crippen LogP contribution in [0, 0.1) is 0 Å². The Bertz CT molecular complexity index is 397.